The fourth-order valence-corrected chi connectivity index (χ4v) is 2.13. The van der Waals surface area contributed by atoms with E-state index in [9.17, 15) is 0 Å². The maximum atomic E-state index is 5.91. The minimum Gasteiger partial charge on any atom is -0.0847 e. The van der Waals surface area contributed by atoms with Crippen molar-refractivity contribution in [2.24, 2.45) is 0 Å². The van der Waals surface area contributed by atoms with E-state index in [-0.39, 0.29) is 0 Å². The van der Waals surface area contributed by atoms with Crippen molar-refractivity contribution >= 4 is 11.6 Å². The Balaban J connectivity index is 2.14. The average Bonchev–Trinajstić information content (AvgIpc) is 2.30. The number of hydrogen-bond acceptors (Lipinski definition) is 0. The first-order chi connectivity index (χ1) is 7.66. The molecule has 0 amide bonds. The molecule has 84 valence electrons. The summed E-state index contributed by atoms with van der Waals surface area (Å²) in [7, 11) is 0. The van der Waals surface area contributed by atoms with E-state index < -0.39 is 0 Å². The van der Waals surface area contributed by atoms with Gasteiger partial charge in [-0.3, -0.25) is 0 Å². The molecule has 0 aromatic heterocycles. The molecule has 0 bridgehead atoms. The minimum atomic E-state index is 0.490. The van der Waals surface area contributed by atoms with Gasteiger partial charge >= 0.3 is 0 Å². The van der Waals surface area contributed by atoms with E-state index in [1.807, 2.05) is 6.08 Å². The van der Waals surface area contributed by atoms with E-state index in [1.54, 1.807) is 0 Å². The molecule has 1 aromatic rings. The molecule has 1 aliphatic carbocycles. The topological polar surface area (TPSA) is 0 Å². The third-order valence-corrected chi connectivity index (χ3v) is 3.37. The summed E-state index contributed by atoms with van der Waals surface area (Å²) in [5.41, 5.74) is 2.78. The van der Waals surface area contributed by atoms with E-state index in [2.05, 4.69) is 50.3 Å². The fourth-order valence-electron chi connectivity index (χ4n) is 1.97. The molecule has 1 aliphatic rings. The van der Waals surface area contributed by atoms with E-state index in [1.165, 1.54) is 11.1 Å². The van der Waals surface area contributed by atoms with Gasteiger partial charge in [0, 0.05) is 11.0 Å². The summed E-state index contributed by atoms with van der Waals surface area (Å²) in [5, 5.41) is 0.857. The largest absolute Gasteiger partial charge is 0.0847 e. The normalized spacial score (nSPS) is 20.0. The van der Waals surface area contributed by atoms with Gasteiger partial charge < -0.3 is 0 Å². The lowest BCUT2D eigenvalue weighted by molar-refractivity contribution is 0.837. The highest BCUT2D eigenvalue weighted by Crippen LogP contribution is 2.28. The van der Waals surface area contributed by atoms with Crippen LogP contribution in [0.25, 0.3) is 0 Å². The molecular weight excluding hydrogens is 216 g/mol. The monoisotopic (exact) mass is 232 g/mol. The summed E-state index contributed by atoms with van der Waals surface area (Å²) in [4.78, 5) is 0. The summed E-state index contributed by atoms with van der Waals surface area (Å²) in [6.45, 7) is 4.44. The van der Waals surface area contributed by atoms with Gasteiger partial charge in [0.25, 0.3) is 0 Å². The second kappa shape index (κ2) is 4.88. The molecule has 0 aliphatic heterocycles. The molecule has 0 spiro atoms. The second-order valence-corrected chi connectivity index (χ2v) is 5.05. The van der Waals surface area contributed by atoms with Crippen molar-refractivity contribution in [3.05, 3.63) is 58.7 Å². The van der Waals surface area contributed by atoms with Crippen molar-refractivity contribution in [1.82, 2.24) is 0 Å². The predicted octanol–water partition coefficient (Wildman–Crippen LogP) is 4.98. The van der Waals surface area contributed by atoms with Gasteiger partial charge in [-0.25, -0.2) is 0 Å². The summed E-state index contributed by atoms with van der Waals surface area (Å²) < 4.78 is 0. The molecule has 0 N–H and O–H groups in total. The molecule has 0 saturated heterocycles. The van der Waals surface area contributed by atoms with Crippen molar-refractivity contribution in [2.75, 3.05) is 0 Å². The van der Waals surface area contributed by atoms with Crippen LogP contribution < -0.4 is 0 Å². The molecule has 0 radical (unpaired) electrons. The first kappa shape index (κ1) is 11.5. The van der Waals surface area contributed by atoms with Crippen LogP contribution >= 0.6 is 11.6 Å². The summed E-state index contributed by atoms with van der Waals surface area (Å²) in [6.07, 6.45) is 7.28. The van der Waals surface area contributed by atoms with Crippen LogP contribution in [0.3, 0.4) is 0 Å². The molecule has 0 saturated carbocycles. The van der Waals surface area contributed by atoms with Gasteiger partial charge in [0.15, 0.2) is 0 Å². The number of allylic oxidation sites excluding steroid dienone is 4. The number of benzene rings is 1. The van der Waals surface area contributed by atoms with Crippen LogP contribution in [0.1, 0.15) is 43.2 Å². The van der Waals surface area contributed by atoms with Crippen molar-refractivity contribution < 1.29 is 0 Å². The van der Waals surface area contributed by atoms with Crippen molar-refractivity contribution in [2.45, 2.75) is 32.1 Å². The Labute approximate surface area is 103 Å². The summed E-state index contributed by atoms with van der Waals surface area (Å²) in [6, 6.07) is 8.93. The lowest BCUT2D eigenvalue weighted by atomic mass is 9.91. The van der Waals surface area contributed by atoms with Gasteiger partial charge in [0.1, 0.15) is 0 Å². The Bertz CT molecular complexity index is 410. The van der Waals surface area contributed by atoms with Crippen LogP contribution in [0.2, 0.25) is 0 Å². The zero-order valence-electron chi connectivity index (χ0n) is 9.78. The summed E-state index contributed by atoms with van der Waals surface area (Å²) >= 11 is 5.91. The van der Waals surface area contributed by atoms with Gasteiger partial charge in [-0.2, -0.15) is 0 Å². The van der Waals surface area contributed by atoms with Crippen LogP contribution in [0.5, 0.6) is 0 Å². The lowest BCUT2D eigenvalue weighted by Crippen LogP contribution is -1.98. The maximum absolute atomic E-state index is 5.91. The molecule has 0 heterocycles. The molecular formula is C15H17Cl. The average molecular weight is 233 g/mol. The molecule has 1 unspecified atom stereocenters. The van der Waals surface area contributed by atoms with E-state index >= 15 is 0 Å². The Kier molecular flexibility index (Phi) is 3.50. The molecule has 16 heavy (non-hydrogen) atoms. The zero-order chi connectivity index (χ0) is 11.5. The molecule has 1 atom stereocenters. The zero-order valence-corrected chi connectivity index (χ0v) is 10.5. The van der Waals surface area contributed by atoms with Gasteiger partial charge in [-0.1, -0.05) is 61.9 Å². The van der Waals surface area contributed by atoms with Crippen LogP contribution in [-0.2, 0) is 0 Å². The van der Waals surface area contributed by atoms with Crippen molar-refractivity contribution in [3.8, 4) is 0 Å². The summed E-state index contributed by atoms with van der Waals surface area (Å²) in [5.74, 6) is 1.09. The lowest BCUT2D eigenvalue weighted by Gasteiger charge is -2.15. The molecule has 1 heteroatoms. The maximum Gasteiger partial charge on any atom is 0.0363 e. The van der Waals surface area contributed by atoms with Gasteiger partial charge in [-0.15, -0.1) is 0 Å². The highest BCUT2D eigenvalue weighted by Gasteiger charge is 2.10. The Morgan fingerprint density at radius 2 is 1.88 bits per heavy atom. The Hall–Kier alpha value is -1.01. The quantitative estimate of drug-likeness (QED) is 0.675. The third kappa shape index (κ3) is 2.56. The Morgan fingerprint density at radius 1 is 1.19 bits per heavy atom. The molecule has 1 aromatic carbocycles. The van der Waals surface area contributed by atoms with Crippen LogP contribution in [0.15, 0.2) is 47.5 Å². The number of rotatable bonds is 2. The third-order valence-electron chi connectivity index (χ3n) is 3.09. The van der Waals surface area contributed by atoms with E-state index in [0.29, 0.717) is 11.8 Å². The second-order valence-electron chi connectivity index (χ2n) is 4.61. The standard InChI is InChI=1S/C15H17Cl/c1-11(2)12-3-5-13(6-4-12)14-7-9-15(16)10-8-14/h3-7,9-11,14H,8H2,1-2H3. The molecule has 2 rings (SSSR count). The van der Waals surface area contributed by atoms with E-state index in [4.69, 9.17) is 11.6 Å². The Morgan fingerprint density at radius 3 is 2.38 bits per heavy atom. The van der Waals surface area contributed by atoms with Crippen LogP contribution in [0.4, 0.5) is 0 Å². The molecule has 0 nitrogen and oxygen atoms in total. The van der Waals surface area contributed by atoms with Crippen molar-refractivity contribution in [1.29, 1.82) is 0 Å². The highest BCUT2D eigenvalue weighted by atomic mass is 35.5. The van der Waals surface area contributed by atoms with Gasteiger partial charge in [0.2, 0.25) is 0 Å². The number of hydrogen-bond donors (Lipinski definition) is 0. The first-order valence-corrected chi connectivity index (χ1v) is 6.18. The highest BCUT2D eigenvalue weighted by molar-refractivity contribution is 6.31. The van der Waals surface area contributed by atoms with Gasteiger partial charge in [0.05, 0.1) is 0 Å². The van der Waals surface area contributed by atoms with E-state index in [0.717, 1.165) is 11.5 Å². The number of halogens is 1. The first-order valence-electron chi connectivity index (χ1n) is 5.80. The van der Waals surface area contributed by atoms with Crippen LogP contribution in [-0.4, -0.2) is 0 Å². The minimum absolute atomic E-state index is 0.490. The van der Waals surface area contributed by atoms with Crippen LogP contribution in [0, 0.1) is 0 Å². The van der Waals surface area contributed by atoms with Crippen molar-refractivity contribution in [3.63, 3.8) is 0 Å². The fraction of sp³-hybridized carbons (Fsp3) is 0.333. The molecule has 0 fully saturated rings. The smallest absolute Gasteiger partial charge is 0.0363 e. The predicted molar refractivity (Wildman–Crippen MR) is 71.0 cm³/mol. The SMILES string of the molecule is CC(C)c1ccc(C2C=CC(Cl)=CC2)cc1. The van der Waals surface area contributed by atoms with Gasteiger partial charge in [-0.05, 0) is 29.5 Å².